The molecule has 4 aliphatic rings. The van der Waals surface area contributed by atoms with Crippen molar-refractivity contribution >= 4 is 23.2 Å². The number of carbonyl (C=O) groups is 3. The van der Waals surface area contributed by atoms with Gasteiger partial charge in [0.05, 0.1) is 19.1 Å². The molecule has 4 aromatic carbocycles. The van der Waals surface area contributed by atoms with Gasteiger partial charge in [-0.2, -0.15) is 0 Å². The predicted molar refractivity (Wildman–Crippen MR) is 192 cm³/mol. The lowest BCUT2D eigenvalue weighted by atomic mass is 9.76. The van der Waals surface area contributed by atoms with Crippen LogP contribution in [-0.4, -0.2) is 77.8 Å². The zero-order chi connectivity index (χ0) is 34.2. The average Bonchev–Trinajstić information content (AvgIpc) is 3.46. The van der Waals surface area contributed by atoms with Crippen molar-refractivity contribution in [2.45, 2.75) is 56.5 Å². The average molecular weight is 670 g/mol. The number of hydrogen-bond donors (Lipinski definition) is 1. The summed E-state index contributed by atoms with van der Waals surface area (Å²) in [5, 5.41) is 10.1. The first-order chi connectivity index (χ1) is 24.4. The van der Waals surface area contributed by atoms with Crippen molar-refractivity contribution in [2.75, 3.05) is 44.2 Å². The van der Waals surface area contributed by atoms with Gasteiger partial charge >= 0.3 is 0 Å². The number of ether oxygens (including phenoxy) is 1. The Morgan fingerprint density at radius 1 is 0.820 bits per heavy atom. The van der Waals surface area contributed by atoms with E-state index in [0.29, 0.717) is 31.6 Å². The number of carbonyl (C=O) groups excluding carboxylic acids is 3. The summed E-state index contributed by atoms with van der Waals surface area (Å²) in [6.07, 6.45) is 2.75. The van der Waals surface area contributed by atoms with E-state index in [1.54, 1.807) is 17.0 Å². The van der Waals surface area contributed by atoms with Crippen LogP contribution in [0.25, 0.3) is 0 Å². The van der Waals surface area contributed by atoms with Crippen LogP contribution in [0, 0.1) is 0 Å². The molecular formula is C42H43N3O5. The van der Waals surface area contributed by atoms with Crippen LogP contribution in [0.1, 0.15) is 75.7 Å². The van der Waals surface area contributed by atoms with Gasteiger partial charge in [0.2, 0.25) is 0 Å². The minimum Gasteiger partial charge on any atom is -0.508 e. The van der Waals surface area contributed by atoms with Gasteiger partial charge in [0, 0.05) is 73.9 Å². The maximum Gasteiger partial charge on any atom is 0.255 e. The van der Waals surface area contributed by atoms with E-state index in [4.69, 9.17) is 4.74 Å². The smallest absolute Gasteiger partial charge is 0.255 e. The number of benzene rings is 4. The molecule has 8 heteroatoms. The number of ketones is 2. The van der Waals surface area contributed by atoms with Gasteiger partial charge in [0.1, 0.15) is 17.3 Å². The number of aromatic hydroxyl groups is 1. The molecule has 0 radical (unpaired) electrons. The Balaban J connectivity index is 0.855. The molecule has 0 bridgehead atoms. The molecule has 3 heterocycles. The number of nitrogens with zero attached hydrogens (tertiary/aromatic N) is 3. The number of hydrogen-bond acceptors (Lipinski definition) is 7. The molecule has 2 unspecified atom stereocenters. The Hall–Kier alpha value is -4.95. The molecule has 8 rings (SSSR count). The van der Waals surface area contributed by atoms with E-state index < -0.39 is 6.04 Å². The fourth-order valence-corrected chi connectivity index (χ4v) is 8.42. The molecule has 1 aliphatic carbocycles. The first-order valence-corrected chi connectivity index (χ1v) is 18.0. The summed E-state index contributed by atoms with van der Waals surface area (Å²) in [7, 11) is 0. The summed E-state index contributed by atoms with van der Waals surface area (Å²) >= 11 is 0. The third kappa shape index (κ3) is 6.40. The van der Waals surface area contributed by atoms with Crippen LogP contribution in [-0.2, 0) is 22.6 Å². The molecule has 50 heavy (non-hydrogen) atoms. The van der Waals surface area contributed by atoms with Crippen molar-refractivity contribution in [3.05, 3.63) is 124 Å². The van der Waals surface area contributed by atoms with Gasteiger partial charge in [0.15, 0.2) is 5.78 Å². The maximum absolute atomic E-state index is 13.1. The predicted octanol–water partition coefficient (Wildman–Crippen LogP) is 6.10. The number of Topliss-reactive ketones (excluding diaryl/α,β-unsaturated/α-hetero) is 2. The second-order valence-corrected chi connectivity index (χ2v) is 14.2. The second-order valence-electron chi connectivity index (χ2n) is 14.2. The fourth-order valence-electron chi connectivity index (χ4n) is 8.42. The van der Waals surface area contributed by atoms with Crippen LogP contribution in [0.2, 0.25) is 0 Å². The van der Waals surface area contributed by atoms with Crippen molar-refractivity contribution in [3.8, 4) is 11.5 Å². The van der Waals surface area contributed by atoms with Crippen LogP contribution in [0.15, 0.2) is 91.0 Å². The largest absolute Gasteiger partial charge is 0.508 e. The number of rotatable bonds is 8. The molecule has 4 aromatic rings. The van der Waals surface area contributed by atoms with E-state index in [0.717, 1.165) is 62.4 Å². The Bertz CT molecular complexity index is 1900. The SMILES string of the molecule is O=C1CCC(N2Cc3cc(CCCN4CCN(c5ccc(C6c7ccc(O)cc7OC[C@@H]6c6ccccc6)cc5)CC4)ccc3C2=O)C(=O)C1. The van der Waals surface area contributed by atoms with E-state index in [-0.39, 0.29) is 41.5 Å². The summed E-state index contributed by atoms with van der Waals surface area (Å²) in [5.41, 5.74) is 7.76. The van der Waals surface area contributed by atoms with Gasteiger partial charge in [-0.1, -0.05) is 60.7 Å². The second kappa shape index (κ2) is 13.8. The molecule has 2 fully saturated rings. The topological polar surface area (TPSA) is 90.4 Å². The fraction of sp³-hybridized carbons (Fsp3) is 0.357. The number of phenols is 1. The number of aryl methyl sites for hydroxylation is 1. The van der Waals surface area contributed by atoms with Gasteiger partial charge in [-0.15, -0.1) is 0 Å². The number of piperazine rings is 1. The molecule has 0 spiro atoms. The van der Waals surface area contributed by atoms with Crippen LogP contribution in [0.5, 0.6) is 11.5 Å². The Morgan fingerprint density at radius 3 is 2.40 bits per heavy atom. The summed E-state index contributed by atoms with van der Waals surface area (Å²) in [4.78, 5) is 43.9. The third-order valence-corrected chi connectivity index (χ3v) is 11.1. The normalized spacial score (nSPS) is 22.3. The molecule has 1 saturated carbocycles. The zero-order valence-electron chi connectivity index (χ0n) is 28.3. The molecule has 1 N–H and O–H groups in total. The van der Waals surface area contributed by atoms with E-state index in [1.807, 2.05) is 18.2 Å². The summed E-state index contributed by atoms with van der Waals surface area (Å²) in [6.45, 7) is 6.03. The summed E-state index contributed by atoms with van der Waals surface area (Å²) in [5.74, 6) is 1.05. The van der Waals surface area contributed by atoms with Crippen molar-refractivity contribution in [2.24, 2.45) is 0 Å². The van der Waals surface area contributed by atoms with Crippen LogP contribution in [0.3, 0.4) is 0 Å². The highest BCUT2D eigenvalue weighted by Gasteiger charge is 2.39. The molecule has 3 aliphatic heterocycles. The lowest BCUT2D eigenvalue weighted by Crippen LogP contribution is -2.46. The zero-order valence-corrected chi connectivity index (χ0v) is 28.3. The van der Waals surface area contributed by atoms with Gasteiger partial charge in [-0.3, -0.25) is 19.3 Å². The Kier molecular flexibility index (Phi) is 8.87. The molecular weight excluding hydrogens is 626 g/mol. The van der Waals surface area contributed by atoms with Crippen molar-refractivity contribution in [1.29, 1.82) is 0 Å². The number of phenolic OH excluding ortho intramolecular Hbond substituents is 1. The van der Waals surface area contributed by atoms with Gasteiger partial charge < -0.3 is 19.6 Å². The Labute approximate surface area is 293 Å². The monoisotopic (exact) mass is 669 g/mol. The maximum atomic E-state index is 13.1. The standard InChI is InChI=1S/C42H43N3O5/c46-33-14-17-38(39(48)24-33)45-26-31-23-28(8-15-35(31)42(45)49)5-4-18-43-19-21-44(22-20-43)32-11-9-30(10-12-32)41-36-16-13-34(47)25-40(36)50-27-37(41)29-6-2-1-3-7-29/h1-3,6-13,15-16,23,25,37-38,41,47H,4-5,14,17-22,24,26-27H2/t37-,38?,41?/m1/s1. The first-order valence-electron chi connectivity index (χ1n) is 18.0. The summed E-state index contributed by atoms with van der Waals surface area (Å²) in [6, 6.07) is 30.7. The minimum absolute atomic E-state index is 0.0215. The van der Waals surface area contributed by atoms with Gasteiger partial charge in [-0.05, 0) is 72.3 Å². The number of amides is 1. The Morgan fingerprint density at radius 2 is 1.62 bits per heavy atom. The molecule has 3 atom stereocenters. The van der Waals surface area contributed by atoms with Crippen molar-refractivity contribution in [3.63, 3.8) is 0 Å². The lowest BCUT2D eigenvalue weighted by Gasteiger charge is -2.37. The van der Waals surface area contributed by atoms with Gasteiger partial charge in [-0.25, -0.2) is 0 Å². The van der Waals surface area contributed by atoms with E-state index in [2.05, 4.69) is 70.5 Å². The molecule has 8 nitrogen and oxygen atoms in total. The van der Waals surface area contributed by atoms with Crippen LogP contribution >= 0.6 is 0 Å². The van der Waals surface area contributed by atoms with Crippen molar-refractivity contribution in [1.82, 2.24) is 9.80 Å². The van der Waals surface area contributed by atoms with E-state index >= 15 is 0 Å². The van der Waals surface area contributed by atoms with E-state index in [1.165, 1.54) is 22.4 Å². The van der Waals surface area contributed by atoms with E-state index in [9.17, 15) is 19.5 Å². The first kappa shape index (κ1) is 32.3. The van der Waals surface area contributed by atoms with Crippen molar-refractivity contribution < 1.29 is 24.2 Å². The third-order valence-electron chi connectivity index (χ3n) is 11.1. The van der Waals surface area contributed by atoms with Crippen LogP contribution in [0.4, 0.5) is 5.69 Å². The molecule has 256 valence electrons. The molecule has 1 saturated heterocycles. The highest BCUT2D eigenvalue weighted by Crippen LogP contribution is 2.47. The number of fused-ring (bicyclic) bond motifs is 2. The quantitative estimate of drug-likeness (QED) is 0.227. The van der Waals surface area contributed by atoms with Crippen LogP contribution < -0.4 is 9.64 Å². The minimum atomic E-state index is -0.472. The molecule has 1 amide bonds. The lowest BCUT2D eigenvalue weighted by molar-refractivity contribution is -0.133. The number of anilines is 1. The van der Waals surface area contributed by atoms with Gasteiger partial charge in [0.25, 0.3) is 5.91 Å². The summed E-state index contributed by atoms with van der Waals surface area (Å²) < 4.78 is 6.15. The highest BCUT2D eigenvalue weighted by atomic mass is 16.5. The molecule has 0 aromatic heterocycles. The highest BCUT2D eigenvalue weighted by molar-refractivity contribution is 6.07.